The number of carboxylic acids is 1. The molecule has 108 valence electrons. The topological polar surface area (TPSA) is 77.2 Å². The Morgan fingerprint density at radius 3 is 3.00 bits per heavy atom. The van der Waals surface area contributed by atoms with Gasteiger partial charge in [-0.2, -0.15) is 0 Å². The molecule has 0 amide bonds. The number of benzene rings is 1. The molecule has 2 aromatic heterocycles. The molecule has 3 aromatic rings. The fourth-order valence-corrected chi connectivity index (χ4v) is 3.18. The Morgan fingerprint density at radius 2 is 2.24 bits per heavy atom. The number of thiophene rings is 1. The number of carbonyl (C=O) groups is 1. The van der Waals surface area contributed by atoms with Gasteiger partial charge in [-0.05, 0) is 22.4 Å². The average Bonchev–Trinajstić information content (AvgIpc) is 3.06. The maximum atomic E-state index is 11.2. The Bertz CT molecular complexity index is 794. The zero-order valence-electron chi connectivity index (χ0n) is 11.3. The van der Waals surface area contributed by atoms with Gasteiger partial charge in [0.1, 0.15) is 0 Å². The van der Waals surface area contributed by atoms with E-state index in [0.717, 1.165) is 10.9 Å². The lowest BCUT2D eigenvalue weighted by Gasteiger charge is -2.05. The van der Waals surface area contributed by atoms with Crippen molar-refractivity contribution in [2.24, 2.45) is 0 Å². The molecule has 7 heteroatoms. The van der Waals surface area contributed by atoms with E-state index in [1.807, 2.05) is 18.2 Å². The molecule has 0 aliphatic carbocycles. The fraction of sp³-hybridized carbons (Fsp3) is 0.214. The molecule has 0 saturated carbocycles. The van der Waals surface area contributed by atoms with Gasteiger partial charge in [0.25, 0.3) is 0 Å². The van der Waals surface area contributed by atoms with Gasteiger partial charge in [-0.3, -0.25) is 0 Å². The van der Waals surface area contributed by atoms with Crippen molar-refractivity contribution >= 4 is 27.4 Å². The lowest BCUT2D eigenvalue weighted by Crippen LogP contribution is -2.10. The lowest BCUT2D eigenvalue weighted by molar-refractivity contribution is 0.0684. The van der Waals surface area contributed by atoms with Crippen LogP contribution in [-0.2, 0) is 17.9 Å². The predicted octanol–water partition coefficient (Wildman–Crippen LogP) is 2.39. The van der Waals surface area contributed by atoms with Crippen LogP contribution in [0.15, 0.2) is 29.6 Å². The summed E-state index contributed by atoms with van der Waals surface area (Å²) in [6, 6.07) is 8.09. The van der Waals surface area contributed by atoms with Crippen LogP contribution in [0, 0.1) is 0 Å². The number of hydrogen-bond donors (Lipinski definition) is 1. The van der Waals surface area contributed by atoms with Crippen molar-refractivity contribution in [3.63, 3.8) is 0 Å². The first-order chi connectivity index (χ1) is 10.2. The lowest BCUT2D eigenvalue weighted by atomic mass is 10.2. The largest absolute Gasteiger partial charge is 0.476 e. The Hall–Kier alpha value is -2.25. The molecule has 0 aliphatic rings. The number of hydrogen-bond acceptors (Lipinski definition) is 5. The van der Waals surface area contributed by atoms with Crippen molar-refractivity contribution < 1.29 is 14.6 Å². The molecule has 0 aliphatic heterocycles. The Morgan fingerprint density at radius 1 is 1.43 bits per heavy atom. The van der Waals surface area contributed by atoms with Gasteiger partial charge in [0, 0.05) is 11.8 Å². The zero-order chi connectivity index (χ0) is 14.8. The monoisotopic (exact) mass is 303 g/mol. The summed E-state index contributed by atoms with van der Waals surface area (Å²) in [4.78, 5) is 11.2. The molecular formula is C14H13N3O3S. The van der Waals surface area contributed by atoms with Crippen LogP contribution in [0.3, 0.4) is 0 Å². The quantitative estimate of drug-likeness (QED) is 0.783. The van der Waals surface area contributed by atoms with Crippen molar-refractivity contribution in [2.45, 2.75) is 13.2 Å². The summed E-state index contributed by atoms with van der Waals surface area (Å²) in [5, 5.41) is 20.0. The zero-order valence-corrected chi connectivity index (χ0v) is 12.1. The highest BCUT2D eigenvalue weighted by Crippen LogP contribution is 2.26. The second-order valence-corrected chi connectivity index (χ2v) is 5.45. The van der Waals surface area contributed by atoms with Crippen LogP contribution in [-0.4, -0.2) is 33.2 Å². The number of aromatic nitrogens is 3. The second-order valence-electron chi connectivity index (χ2n) is 4.54. The number of aromatic carboxylic acids is 1. The maximum Gasteiger partial charge on any atom is 0.358 e. The smallest absolute Gasteiger partial charge is 0.358 e. The summed E-state index contributed by atoms with van der Waals surface area (Å²) < 4.78 is 7.84. The van der Waals surface area contributed by atoms with Crippen molar-refractivity contribution in [3.8, 4) is 0 Å². The molecule has 2 heterocycles. The van der Waals surface area contributed by atoms with Gasteiger partial charge >= 0.3 is 5.97 Å². The highest BCUT2D eigenvalue weighted by Gasteiger charge is 2.19. The molecule has 0 bridgehead atoms. The molecular weight excluding hydrogens is 290 g/mol. The minimum Gasteiger partial charge on any atom is -0.476 e. The van der Waals surface area contributed by atoms with E-state index in [1.54, 1.807) is 16.0 Å². The molecule has 3 rings (SSSR count). The van der Waals surface area contributed by atoms with Crippen LogP contribution in [0.5, 0.6) is 0 Å². The summed E-state index contributed by atoms with van der Waals surface area (Å²) in [6.45, 7) is 0.639. The number of rotatable bonds is 5. The summed E-state index contributed by atoms with van der Waals surface area (Å²) in [5.41, 5.74) is 1.51. The predicted molar refractivity (Wildman–Crippen MR) is 78.6 cm³/mol. The highest BCUT2D eigenvalue weighted by atomic mass is 32.1. The van der Waals surface area contributed by atoms with E-state index < -0.39 is 5.97 Å². The molecule has 0 saturated heterocycles. The molecule has 0 atom stereocenters. The number of nitrogens with zero attached hydrogens (tertiary/aromatic N) is 3. The standard InChI is InChI=1S/C14H13N3O3S/c1-20-7-11-13(14(18)19)15-16-17(11)6-9-8-21-12-5-3-2-4-10(9)12/h2-5,8H,6-7H2,1H3,(H,18,19). The summed E-state index contributed by atoms with van der Waals surface area (Å²) in [6.07, 6.45) is 0. The first-order valence-electron chi connectivity index (χ1n) is 6.30. The van der Waals surface area contributed by atoms with E-state index in [9.17, 15) is 4.79 Å². The SMILES string of the molecule is COCc1c(C(=O)O)nnn1Cc1csc2ccccc12. The van der Waals surface area contributed by atoms with Crippen LogP contribution in [0.1, 0.15) is 21.7 Å². The minimum absolute atomic E-state index is 0.0589. The molecule has 1 aromatic carbocycles. The van der Waals surface area contributed by atoms with Gasteiger partial charge in [-0.15, -0.1) is 16.4 Å². The number of fused-ring (bicyclic) bond motifs is 1. The van der Waals surface area contributed by atoms with Crippen LogP contribution in [0.2, 0.25) is 0 Å². The average molecular weight is 303 g/mol. The first kappa shape index (κ1) is 13.7. The minimum atomic E-state index is -1.09. The third-order valence-corrected chi connectivity index (χ3v) is 4.21. The van der Waals surface area contributed by atoms with Crippen molar-refractivity contribution in [1.82, 2.24) is 15.0 Å². The van der Waals surface area contributed by atoms with Crippen molar-refractivity contribution in [2.75, 3.05) is 7.11 Å². The second kappa shape index (κ2) is 5.63. The molecule has 0 fully saturated rings. The molecule has 1 N–H and O–H groups in total. The van der Waals surface area contributed by atoms with E-state index >= 15 is 0 Å². The summed E-state index contributed by atoms with van der Waals surface area (Å²) in [5.74, 6) is -1.09. The molecule has 0 radical (unpaired) electrons. The Balaban J connectivity index is 1.99. The van der Waals surface area contributed by atoms with Crippen molar-refractivity contribution in [1.29, 1.82) is 0 Å². The molecule has 21 heavy (non-hydrogen) atoms. The van der Waals surface area contributed by atoms with Crippen molar-refractivity contribution in [3.05, 3.63) is 46.6 Å². The fourth-order valence-electron chi connectivity index (χ4n) is 2.22. The normalized spacial score (nSPS) is 11.1. The van der Waals surface area contributed by atoms with Gasteiger partial charge in [-0.25, -0.2) is 9.48 Å². The van der Waals surface area contributed by atoms with Gasteiger partial charge in [0.15, 0.2) is 5.69 Å². The van der Waals surface area contributed by atoms with Crippen LogP contribution < -0.4 is 0 Å². The van der Waals surface area contributed by atoms with Gasteiger partial charge in [0.2, 0.25) is 0 Å². The molecule has 0 unspecified atom stereocenters. The number of ether oxygens (including phenoxy) is 1. The van der Waals surface area contributed by atoms with Crippen LogP contribution >= 0.6 is 11.3 Å². The first-order valence-corrected chi connectivity index (χ1v) is 7.18. The third kappa shape index (κ3) is 2.53. The van der Waals surface area contributed by atoms with Gasteiger partial charge in [0.05, 0.1) is 18.8 Å². The van der Waals surface area contributed by atoms with Crippen LogP contribution in [0.4, 0.5) is 0 Å². The van der Waals surface area contributed by atoms with E-state index in [1.165, 1.54) is 11.8 Å². The number of carboxylic acid groups (broad SMARTS) is 1. The molecule has 0 spiro atoms. The van der Waals surface area contributed by atoms with E-state index in [2.05, 4.69) is 21.8 Å². The highest BCUT2D eigenvalue weighted by molar-refractivity contribution is 7.17. The van der Waals surface area contributed by atoms with E-state index in [0.29, 0.717) is 12.2 Å². The Labute approximate surface area is 124 Å². The number of methoxy groups -OCH3 is 1. The van der Waals surface area contributed by atoms with E-state index in [4.69, 9.17) is 9.84 Å². The van der Waals surface area contributed by atoms with Crippen LogP contribution in [0.25, 0.3) is 10.1 Å². The van der Waals surface area contributed by atoms with Gasteiger partial charge in [-0.1, -0.05) is 23.4 Å². The van der Waals surface area contributed by atoms with E-state index in [-0.39, 0.29) is 12.3 Å². The summed E-state index contributed by atoms with van der Waals surface area (Å²) >= 11 is 1.66. The summed E-state index contributed by atoms with van der Waals surface area (Å²) in [7, 11) is 1.52. The molecule has 6 nitrogen and oxygen atoms in total. The Kier molecular flexibility index (Phi) is 3.68. The van der Waals surface area contributed by atoms with Gasteiger partial charge < -0.3 is 9.84 Å². The third-order valence-electron chi connectivity index (χ3n) is 3.20. The maximum absolute atomic E-state index is 11.2.